The maximum atomic E-state index is 5.64. The molecule has 0 aliphatic rings. The van der Waals surface area contributed by atoms with Crippen LogP contribution in [-0.4, -0.2) is 14.8 Å². The van der Waals surface area contributed by atoms with Crippen molar-refractivity contribution in [1.29, 1.82) is 0 Å². The molecule has 0 radical (unpaired) electrons. The first-order valence-electron chi connectivity index (χ1n) is 6.41. The molecule has 0 aliphatic carbocycles. The highest BCUT2D eigenvalue weighted by molar-refractivity contribution is 5.22. The van der Waals surface area contributed by atoms with Gasteiger partial charge in [-0.2, -0.15) is 0 Å². The molecular formula is C14H20N4. The van der Waals surface area contributed by atoms with Crippen molar-refractivity contribution in [2.24, 2.45) is 5.73 Å². The standard InChI is InChI=1S/C14H20N4/c1-3-18-13(16-17-14(18)10-15)8-7-12-6-4-5-11(2)9-12/h4-6,9H,3,7-8,10,15H2,1-2H3. The lowest BCUT2D eigenvalue weighted by molar-refractivity contribution is 0.654. The van der Waals surface area contributed by atoms with Crippen molar-refractivity contribution in [3.63, 3.8) is 0 Å². The summed E-state index contributed by atoms with van der Waals surface area (Å²) in [6.45, 7) is 5.54. The van der Waals surface area contributed by atoms with Crippen LogP contribution in [0.4, 0.5) is 0 Å². The van der Waals surface area contributed by atoms with Crippen molar-refractivity contribution in [3.8, 4) is 0 Å². The van der Waals surface area contributed by atoms with E-state index < -0.39 is 0 Å². The lowest BCUT2D eigenvalue weighted by atomic mass is 10.1. The Bertz CT molecular complexity index is 516. The van der Waals surface area contributed by atoms with Crippen LogP contribution in [0.2, 0.25) is 0 Å². The smallest absolute Gasteiger partial charge is 0.146 e. The Balaban J connectivity index is 2.08. The molecule has 2 aromatic rings. The zero-order valence-corrected chi connectivity index (χ0v) is 11.1. The third kappa shape index (κ3) is 2.76. The summed E-state index contributed by atoms with van der Waals surface area (Å²) in [5, 5.41) is 8.35. The van der Waals surface area contributed by atoms with Crippen LogP contribution < -0.4 is 5.73 Å². The summed E-state index contributed by atoms with van der Waals surface area (Å²) in [6.07, 6.45) is 1.90. The maximum absolute atomic E-state index is 5.64. The van der Waals surface area contributed by atoms with Crippen LogP contribution >= 0.6 is 0 Å². The van der Waals surface area contributed by atoms with E-state index in [0.29, 0.717) is 6.54 Å². The van der Waals surface area contributed by atoms with Crippen molar-refractivity contribution in [1.82, 2.24) is 14.8 Å². The summed E-state index contributed by atoms with van der Waals surface area (Å²) < 4.78 is 2.11. The minimum atomic E-state index is 0.450. The van der Waals surface area contributed by atoms with Crippen LogP contribution in [0.5, 0.6) is 0 Å². The van der Waals surface area contributed by atoms with Gasteiger partial charge in [0.15, 0.2) is 0 Å². The SMILES string of the molecule is CCn1c(CN)nnc1CCc1cccc(C)c1. The van der Waals surface area contributed by atoms with E-state index in [-0.39, 0.29) is 0 Å². The normalized spacial score (nSPS) is 10.8. The van der Waals surface area contributed by atoms with E-state index in [1.165, 1.54) is 11.1 Å². The molecule has 0 saturated heterocycles. The second-order valence-corrected chi connectivity index (χ2v) is 4.47. The van der Waals surface area contributed by atoms with Crippen LogP contribution in [0.3, 0.4) is 0 Å². The third-order valence-electron chi connectivity index (χ3n) is 3.12. The van der Waals surface area contributed by atoms with Crippen LogP contribution in [0, 0.1) is 6.92 Å². The van der Waals surface area contributed by atoms with Gasteiger partial charge >= 0.3 is 0 Å². The van der Waals surface area contributed by atoms with Gasteiger partial charge in [-0.15, -0.1) is 10.2 Å². The molecule has 2 rings (SSSR count). The number of hydrogen-bond donors (Lipinski definition) is 1. The van der Waals surface area contributed by atoms with E-state index in [9.17, 15) is 0 Å². The van der Waals surface area contributed by atoms with Crippen molar-refractivity contribution in [2.75, 3.05) is 0 Å². The zero-order valence-electron chi connectivity index (χ0n) is 11.1. The highest BCUT2D eigenvalue weighted by atomic mass is 15.3. The minimum absolute atomic E-state index is 0.450. The Labute approximate surface area is 108 Å². The second kappa shape index (κ2) is 5.78. The van der Waals surface area contributed by atoms with Crippen molar-refractivity contribution >= 4 is 0 Å². The molecule has 4 nitrogen and oxygen atoms in total. The molecule has 0 amide bonds. The molecule has 0 saturated carbocycles. The Hall–Kier alpha value is -1.68. The average Bonchev–Trinajstić information content (AvgIpc) is 2.78. The van der Waals surface area contributed by atoms with Gasteiger partial charge in [0, 0.05) is 13.0 Å². The number of nitrogens with zero attached hydrogens (tertiary/aromatic N) is 3. The molecule has 18 heavy (non-hydrogen) atoms. The average molecular weight is 244 g/mol. The fraction of sp³-hybridized carbons (Fsp3) is 0.429. The van der Waals surface area contributed by atoms with Crippen molar-refractivity contribution < 1.29 is 0 Å². The van der Waals surface area contributed by atoms with Gasteiger partial charge in [0.1, 0.15) is 11.6 Å². The van der Waals surface area contributed by atoms with Gasteiger partial charge in [-0.1, -0.05) is 29.8 Å². The minimum Gasteiger partial charge on any atom is -0.324 e. The third-order valence-corrected chi connectivity index (χ3v) is 3.12. The molecule has 96 valence electrons. The van der Waals surface area contributed by atoms with Gasteiger partial charge in [0.25, 0.3) is 0 Å². The molecule has 0 fully saturated rings. The monoisotopic (exact) mass is 244 g/mol. The maximum Gasteiger partial charge on any atom is 0.146 e. The van der Waals surface area contributed by atoms with E-state index in [2.05, 4.69) is 52.9 Å². The Morgan fingerprint density at radius 3 is 2.61 bits per heavy atom. The molecular weight excluding hydrogens is 224 g/mol. The van der Waals surface area contributed by atoms with Crippen LogP contribution in [0.1, 0.15) is 29.7 Å². The van der Waals surface area contributed by atoms with E-state index in [0.717, 1.165) is 31.0 Å². The predicted molar refractivity (Wildman–Crippen MR) is 72.2 cm³/mol. The predicted octanol–water partition coefficient (Wildman–Crippen LogP) is 1.85. The summed E-state index contributed by atoms with van der Waals surface area (Å²) in [5.41, 5.74) is 8.28. The summed E-state index contributed by atoms with van der Waals surface area (Å²) in [6, 6.07) is 8.59. The van der Waals surface area contributed by atoms with Crippen LogP contribution in [0.25, 0.3) is 0 Å². The summed E-state index contributed by atoms with van der Waals surface area (Å²) in [7, 11) is 0. The lowest BCUT2D eigenvalue weighted by Crippen LogP contribution is -2.10. The first-order chi connectivity index (χ1) is 8.74. The number of rotatable bonds is 5. The molecule has 4 heteroatoms. The van der Waals surface area contributed by atoms with Gasteiger partial charge in [-0.3, -0.25) is 0 Å². The van der Waals surface area contributed by atoms with Gasteiger partial charge in [-0.25, -0.2) is 0 Å². The van der Waals surface area contributed by atoms with E-state index in [4.69, 9.17) is 5.73 Å². The van der Waals surface area contributed by atoms with E-state index in [1.807, 2.05) is 0 Å². The molecule has 2 N–H and O–H groups in total. The summed E-state index contributed by atoms with van der Waals surface area (Å²) in [4.78, 5) is 0. The number of benzene rings is 1. The van der Waals surface area contributed by atoms with Crippen molar-refractivity contribution in [3.05, 3.63) is 47.0 Å². The van der Waals surface area contributed by atoms with Crippen molar-refractivity contribution in [2.45, 2.75) is 39.8 Å². The quantitative estimate of drug-likeness (QED) is 0.873. The number of hydrogen-bond acceptors (Lipinski definition) is 3. The molecule has 0 aliphatic heterocycles. The fourth-order valence-electron chi connectivity index (χ4n) is 2.20. The second-order valence-electron chi connectivity index (χ2n) is 4.47. The molecule has 0 unspecified atom stereocenters. The van der Waals surface area contributed by atoms with Gasteiger partial charge in [-0.05, 0) is 25.8 Å². The topological polar surface area (TPSA) is 56.7 Å². The molecule has 0 atom stereocenters. The van der Waals surface area contributed by atoms with Crippen LogP contribution in [-0.2, 0) is 25.9 Å². The Kier molecular flexibility index (Phi) is 4.10. The Morgan fingerprint density at radius 1 is 1.17 bits per heavy atom. The molecule has 0 bridgehead atoms. The Morgan fingerprint density at radius 2 is 1.94 bits per heavy atom. The molecule has 1 heterocycles. The van der Waals surface area contributed by atoms with Gasteiger partial charge in [0.05, 0.1) is 6.54 Å². The highest BCUT2D eigenvalue weighted by Crippen LogP contribution is 2.09. The molecule has 0 spiro atoms. The largest absolute Gasteiger partial charge is 0.324 e. The fourth-order valence-corrected chi connectivity index (χ4v) is 2.20. The van der Waals surface area contributed by atoms with E-state index >= 15 is 0 Å². The first kappa shape index (κ1) is 12.8. The molecule has 1 aromatic heterocycles. The van der Waals surface area contributed by atoms with Gasteiger partial charge < -0.3 is 10.3 Å². The summed E-state index contributed by atoms with van der Waals surface area (Å²) in [5.74, 6) is 1.90. The van der Waals surface area contributed by atoms with E-state index in [1.54, 1.807) is 0 Å². The number of aryl methyl sites for hydroxylation is 3. The first-order valence-corrected chi connectivity index (χ1v) is 6.41. The number of nitrogens with two attached hydrogens (primary N) is 1. The zero-order chi connectivity index (χ0) is 13.0. The van der Waals surface area contributed by atoms with Crippen LogP contribution in [0.15, 0.2) is 24.3 Å². The summed E-state index contributed by atoms with van der Waals surface area (Å²) >= 11 is 0. The lowest BCUT2D eigenvalue weighted by Gasteiger charge is -2.06. The van der Waals surface area contributed by atoms with Gasteiger partial charge in [0.2, 0.25) is 0 Å². The molecule has 1 aromatic carbocycles. The number of aromatic nitrogens is 3. The highest BCUT2D eigenvalue weighted by Gasteiger charge is 2.09.